The first-order valence-corrected chi connectivity index (χ1v) is 13.8. The van der Waals surface area contributed by atoms with E-state index in [2.05, 4.69) is 29.4 Å². The molecule has 0 aliphatic carbocycles. The minimum atomic E-state index is -3.72. The highest BCUT2D eigenvalue weighted by Crippen LogP contribution is 2.17. The van der Waals surface area contributed by atoms with Crippen LogP contribution >= 0.6 is 0 Å². The summed E-state index contributed by atoms with van der Waals surface area (Å²) >= 11 is 0. The molecule has 0 aliphatic rings. The van der Waals surface area contributed by atoms with E-state index in [1.54, 1.807) is 19.9 Å². The van der Waals surface area contributed by atoms with Crippen LogP contribution < -0.4 is 25.6 Å². The topological polar surface area (TPSA) is 205 Å². The first-order valence-electron chi connectivity index (χ1n) is 10.8. The Morgan fingerprint density at radius 3 is 1.47 bits per heavy atom. The number of ether oxygens (including phenoxy) is 1. The van der Waals surface area contributed by atoms with E-state index in [0.29, 0.717) is 28.5 Å². The molecule has 6 N–H and O–H groups in total. The van der Waals surface area contributed by atoms with Crippen LogP contribution in [0.5, 0.6) is 5.75 Å². The van der Waals surface area contributed by atoms with Gasteiger partial charge >= 0.3 is 0 Å². The molecule has 4 rings (SSSR count). The molecular weight excluding hydrogens is 532 g/mol. The Kier molecular flexibility index (Phi) is 8.64. The maximum Gasteiger partial charge on any atom is 0.264 e. The Morgan fingerprint density at radius 2 is 1.08 bits per heavy atom. The number of aromatic nitrogens is 4. The quantitative estimate of drug-likeness (QED) is 0.242. The predicted molar refractivity (Wildman–Crippen MR) is 143 cm³/mol. The molecule has 2 heterocycles. The lowest BCUT2D eigenvalue weighted by Gasteiger charge is -2.08. The molecule has 2 aromatic heterocycles. The third-order valence-electron chi connectivity index (χ3n) is 4.68. The lowest BCUT2D eigenvalue weighted by atomic mass is 10.3. The number of sulfonamides is 2. The van der Waals surface area contributed by atoms with Gasteiger partial charge in [-0.1, -0.05) is 0 Å². The second kappa shape index (κ2) is 11.7. The SMILES string of the molecule is COc1cnc(NS(=O)(=O)c2ccc(N)cc2)nc1.Cc1cc(C)nc(NS(=O)(=O)c2ccc(N)cc2)n1. The van der Waals surface area contributed by atoms with Gasteiger partial charge in [0.15, 0.2) is 5.75 Å². The van der Waals surface area contributed by atoms with Gasteiger partial charge in [-0.25, -0.2) is 46.2 Å². The molecule has 0 saturated carbocycles. The number of aryl methyl sites for hydroxylation is 2. The van der Waals surface area contributed by atoms with Gasteiger partial charge in [-0.05, 0) is 68.4 Å². The van der Waals surface area contributed by atoms with E-state index in [0.717, 1.165) is 0 Å². The molecule has 0 atom stereocenters. The number of benzene rings is 2. The predicted octanol–water partition coefficient (Wildman–Crippen LogP) is 2.34. The van der Waals surface area contributed by atoms with Gasteiger partial charge in [-0.2, -0.15) is 0 Å². The second-order valence-electron chi connectivity index (χ2n) is 7.77. The average molecular weight is 559 g/mol. The Balaban J connectivity index is 0.000000211. The van der Waals surface area contributed by atoms with Gasteiger partial charge in [-0.15, -0.1) is 0 Å². The number of anilines is 4. The van der Waals surface area contributed by atoms with Gasteiger partial charge in [0.05, 0.1) is 29.3 Å². The van der Waals surface area contributed by atoms with Gasteiger partial charge in [0, 0.05) is 22.8 Å². The van der Waals surface area contributed by atoms with E-state index < -0.39 is 20.0 Å². The highest BCUT2D eigenvalue weighted by atomic mass is 32.2. The van der Waals surface area contributed by atoms with E-state index in [-0.39, 0.29) is 21.7 Å². The van der Waals surface area contributed by atoms with Crippen LogP contribution in [0, 0.1) is 13.8 Å². The second-order valence-corrected chi connectivity index (χ2v) is 11.1. The number of nitrogens with one attached hydrogen (secondary N) is 2. The molecule has 0 radical (unpaired) electrons. The summed E-state index contributed by atoms with van der Waals surface area (Å²) in [7, 11) is -5.95. The Bertz CT molecular complexity index is 1580. The summed E-state index contributed by atoms with van der Waals surface area (Å²) in [5.74, 6) is 0.474. The Hall–Kier alpha value is -4.50. The van der Waals surface area contributed by atoms with Crippen molar-refractivity contribution in [2.24, 2.45) is 0 Å². The highest BCUT2D eigenvalue weighted by Gasteiger charge is 2.16. The maximum atomic E-state index is 12.1. The molecule has 38 heavy (non-hydrogen) atoms. The first-order chi connectivity index (χ1) is 17.9. The lowest BCUT2D eigenvalue weighted by molar-refractivity contribution is 0.411. The molecule has 0 spiro atoms. The molecule has 0 bridgehead atoms. The fourth-order valence-corrected chi connectivity index (χ4v) is 4.80. The molecule has 0 aliphatic heterocycles. The van der Waals surface area contributed by atoms with Gasteiger partial charge < -0.3 is 16.2 Å². The van der Waals surface area contributed by atoms with Gasteiger partial charge in [-0.3, -0.25) is 0 Å². The van der Waals surface area contributed by atoms with Crippen LogP contribution in [-0.4, -0.2) is 43.9 Å². The summed E-state index contributed by atoms with van der Waals surface area (Å²) in [5, 5.41) is 0. The van der Waals surface area contributed by atoms with Crippen LogP contribution in [0.25, 0.3) is 0 Å². The van der Waals surface area contributed by atoms with E-state index in [4.69, 9.17) is 16.2 Å². The van der Waals surface area contributed by atoms with Crippen molar-refractivity contribution in [2.45, 2.75) is 23.6 Å². The zero-order valence-electron chi connectivity index (χ0n) is 20.7. The van der Waals surface area contributed by atoms with Crippen LogP contribution in [0.1, 0.15) is 11.4 Å². The van der Waals surface area contributed by atoms with Crippen molar-refractivity contribution in [1.29, 1.82) is 0 Å². The third kappa shape index (κ3) is 7.75. The van der Waals surface area contributed by atoms with Gasteiger partial charge in [0.1, 0.15) is 0 Å². The van der Waals surface area contributed by atoms with Crippen LogP contribution in [0.15, 0.2) is 76.8 Å². The van der Waals surface area contributed by atoms with Crippen molar-refractivity contribution >= 4 is 43.3 Å². The maximum absolute atomic E-state index is 12.1. The normalized spacial score (nSPS) is 11.1. The van der Waals surface area contributed by atoms with Gasteiger partial charge in [0.2, 0.25) is 11.9 Å². The average Bonchev–Trinajstić information content (AvgIpc) is 2.84. The summed E-state index contributed by atoms with van der Waals surface area (Å²) in [6, 6.07) is 13.5. The molecule has 15 heteroatoms. The van der Waals surface area contributed by atoms with E-state index in [1.165, 1.54) is 68.0 Å². The minimum absolute atomic E-state index is 0.0300. The van der Waals surface area contributed by atoms with Crippen molar-refractivity contribution in [1.82, 2.24) is 19.9 Å². The monoisotopic (exact) mass is 558 g/mol. The van der Waals surface area contributed by atoms with Crippen molar-refractivity contribution in [3.8, 4) is 5.75 Å². The fraction of sp³-hybridized carbons (Fsp3) is 0.130. The highest BCUT2D eigenvalue weighted by molar-refractivity contribution is 7.93. The van der Waals surface area contributed by atoms with E-state index >= 15 is 0 Å². The largest absolute Gasteiger partial charge is 0.494 e. The number of nitrogen functional groups attached to an aromatic ring is 2. The number of rotatable bonds is 7. The molecule has 0 saturated heterocycles. The molecule has 2 aromatic carbocycles. The summed E-state index contributed by atoms with van der Waals surface area (Å²) in [6.45, 7) is 3.55. The van der Waals surface area contributed by atoms with Crippen molar-refractivity contribution in [2.75, 3.05) is 28.0 Å². The summed E-state index contributed by atoms with van der Waals surface area (Å²) in [6.07, 6.45) is 2.74. The van der Waals surface area contributed by atoms with Crippen molar-refractivity contribution in [3.63, 3.8) is 0 Å². The molecule has 0 amide bonds. The Labute approximate surface area is 220 Å². The van der Waals surface area contributed by atoms with Crippen molar-refractivity contribution in [3.05, 3.63) is 78.4 Å². The minimum Gasteiger partial charge on any atom is -0.494 e. The van der Waals surface area contributed by atoms with Crippen LogP contribution in [0.2, 0.25) is 0 Å². The Morgan fingerprint density at radius 1 is 0.684 bits per heavy atom. The van der Waals surface area contributed by atoms with E-state index in [9.17, 15) is 16.8 Å². The number of nitrogens with two attached hydrogens (primary N) is 2. The lowest BCUT2D eigenvalue weighted by Crippen LogP contribution is -2.15. The van der Waals surface area contributed by atoms with Crippen molar-refractivity contribution < 1.29 is 21.6 Å². The standard InChI is InChI=1S/C12H14N4O2S.C11H12N4O3S/c1-8-7-9(2)15-12(14-8)16-19(17,18)11-5-3-10(13)4-6-11;1-18-9-6-13-11(14-7-9)15-19(16,17)10-4-2-8(12)3-5-10/h3-7H,13H2,1-2H3,(H,14,15,16);2-7H,12H2,1H3,(H,13,14,15). The summed E-state index contributed by atoms with van der Waals surface area (Å²) in [5.41, 5.74) is 13.4. The number of methoxy groups -OCH3 is 1. The summed E-state index contributed by atoms with van der Waals surface area (Å²) < 4.78 is 57.7. The van der Waals surface area contributed by atoms with Crippen LogP contribution in [0.3, 0.4) is 0 Å². The fourth-order valence-electron chi connectivity index (χ4n) is 2.90. The molecule has 13 nitrogen and oxygen atoms in total. The molecule has 0 fully saturated rings. The summed E-state index contributed by atoms with van der Waals surface area (Å²) in [4.78, 5) is 15.9. The van der Waals surface area contributed by atoms with Gasteiger partial charge in [0.25, 0.3) is 20.0 Å². The smallest absolute Gasteiger partial charge is 0.264 e. The zero-order chi connectivity index (χ0) is 27.9. The zero-order valence-corrected chi connectivity index (χ0v) is 22.3. The van der Waals surface area contributed by atoms with Crippen LogP contribution in [-0.2, 0) is 20.0 Å². The molecule has 0 unspecified atom stereocenters. The third-order valence-corrected chi connectivity index (χ3v) is 7.37. The molecule has 4 aromatic rings. The first kappa shape index (κ1) is 28.1. The van der Waals surface area contributed by atoms with Crippen LogP contribution in [0.4, 0.5) is 23.3 Å². The molecular formula is C23H26N8O5S2. The molecule has 200 valence electrons. The number of hydrogen-bond donors (Lipinski definition) is 4. The number of nitrogens with zero attached hydrogens (tertiary/aromatic N) is 4. The van der Waals surface area contributed by atoms with E-state index in [1.807, 2.05) is 0 Å². The number of hydrogen-bond acceptors (Lipinski definition) is 11.